The van der Waals surface area contributed by atoms with E-state index in [1.165, 1.54) is 19.2 Å². The number of methoxy groups -OCH3 is 1. The predicted octanol–water partition coefficient (Wildman–Crippen LogP) is 3.75. The molecule has 1 aromatic carbocycles. The van der Waals surface area contributed by atoms with Gasteiger partial charge in [0.1, 0.15) is 17.3 Å². The van der Waals surface area contributed by atoms with E-state index >= 15 is 0 Å². The third-order valence-electron chi connectivity index (χ3n) is 3.79. The van der Waals surface area contributed by atoms with Gasteiger partial charge in [0, 0.05) is 38.8 Å². The van der Waals surface area contributed by atoms with Gasteiger partial charge in [-0.25, -0.2) is 9.38 Å². The third kappa shape index (κ3) is 9.41. The van der Waals surface area contributed by atoms with Gasteiger partial charge in [0.2, 0.25) is 0 Å². The van der Waals surface area contributed by atoms with Crippen molar-refractivity contribution in [1.82, 2.24) is 10.6 Å². The Kier molecular flexibility index (Phi) is 12.3. The first-order valence-electron chi connectivity index (χ1n) is 9.17. The highest BCUT2D eigenvalue weighted by atomic mass is 127. The zero-order valence-corrected chi connectivity index (χ0v) is 18.7. The van der Waals surface area contributed by atoms with E-state index in [2.05, 4.69) is 15.6 Å². The lowest BCUT2D eigenvalue weighted by Gasteiger charge is -2.12. The quantitative estimate of drug-likeness (QED) is 0.211. The summed E-state index contributed by atoms with van der Waals surface area (Å²) >= 11 is 0. The molecule has 28 heavy (non-hydrogen) atoms. The molecule has 0 fully saturated rings. The van der Waals surface area contributed by atoms with Gasteiger partial charge in [-0.2, -0.15) is 0 Å². The van der Waals surface area contributed by atoms with Gasteiger partial charge in [-0.1, -0.05) is 0 Å². The normalized spacial score (nSPS) is 11.0. The molecule has 0 aliphatic carbocycles. The number of nitrogens with one attached hydrogen (secondary N) is 2. The topological polar surface area (TPSA) is 68.0 Å². The molecule has 0 radical (unpaired) electrons. The lowest BCUT2D eigenvalue weighted by Crippen LogP contribution is -2.39. The van der Waals surface area contributed by atoms with Crippen LogP contribution in [0.25, 0.3) is 0 Å². The summed E-state index contributed by atoms with van der Waals surface area (Å²) in [6.07, 6.45) is 3.29. The fourth-order valence-electron chi connectivity index (χ4n) is 2.46. The molecule has 0 bridgehead atoms. The van der Waals surface area contributed by atoms with Crippen LogP contribution in [0.4, 0.5) is 4.39 Å². The van der Waals surface area contributed by atoms with Crippen LogP contribution in [0.15, 0.2) is 46.0 Å². The number of hydrogen-bond donors (Lipinski definition) is 2. The molecular weight excluding hydrogens is 476 g/mol. The number of halogens is 2. The zero-order valence-electron chi connectivity index (χ0n) is 16.4. The summed E-state index contributed by atoms with van der Waals surface area (Å²) in [7, 11) is 1.52. The molecule has 2 aromatic rings. The van der Waals surface area contributed by atoms with Crippen molar-refractivity contribution in [3.05, 3.63) is 53.7 Å². The van der Waals surface area contributed by atoms with Gasteiger partial charge in [0.25, 0.3) is 0 Å². The summed E-state index contributed by atoms with van der Waals surface area (Å²) in [6.45, 7) is 5.14. The molecule has 1 heterocycles. The lowest BCUT2D eigenvalue weighted by molar-refractivity contribution is 0.145. The van der Waals surface area contributed by atoms with Crippen LogP contribution in [0, 0.1) is 5.82 Å². The lowest BCUT2D eigenvalue weighted by atomic mass is 10.2. The Balaban J connectivity index is 0.00000392. The van der Waals surface area contributed by atoms with E-state index in [-0.39, 0.29) is 29.8 Å². The van der Waals surface area contributed by atoms with Gasteiger partial charge in [0.15, 0.2) is 5.96 Å². The Hall–Kier alpha value is -1.81. The van der Waals surface area contributed by atoms with E-state index in [4.69, 9.17) is 13.9 Å². The van der Waals surface area contributed by atoms with Crippen molar-refractivity contribution in [2.75, 3.05) is 33.4 Å². The van der Waals surface area contributed by atoms with Crippen LogP contribution in [0.3, 0.4) is 0 Å². The number of benzene rings is 1. The van der Waals surface area contributed by atoms with E-state index in [9.17, 15) is 4.39 Å². The van der Waals surface area contributed by atoms with Crippen molar-refractivity contribution in [1.29, 1.82) is 0 Å². The summed E-state index contributed by atoms with van der Waals surface area (Å²) < 4.78 is 29.4. The number of nitrogens with zero attached hydrogens (tertiary/aromatic N) is 1. The van der Waals surface area contributed by atoms with Crippen LogP contribution >= 0.6 is 24.0 Å². The first-order valence-corrected chi connectivity index (χ1v) is 9.17. The van der Waals surface area contributed by atoms with Gasteiger partial charge in [-0.15, -0.1) is 24.0 Å². The highest BCUT2D eigenvalue weighted by molar-refractivity contribution is 14.0. The highest BCUT2D eigenvalue weighted by Gasteiger charge is 2.03. The van der Waals surface area contributed by atoms with E-state index in [0.29, 0.717) is 38.0 Å². The van der Waals surface area contributed by atoms with Crippen LogP contribution in [0.2, 0.25) is 0 Å². The van der Waals surface area contributed by atoms with Gasteiger partial charge in [-0.3, -0.25) is 0 Å². The van der Waals surface area contributed by atoms with Gasteiger partial charge >= 0.3 is 0 Å². The Morgan fingerprint density at radius 3 is 2.75 bits per heavy atom. The van der Waals surface area contributed by atoms with Crippen molar-refractivity contribution in [3.8, 4) is 5.75 Å². The third-order valence-corrected chi connectivity index (χ3v) is 3.79. The number of ether oxygens (including phenoxy) is 2. The van der Waals surface area contributed by atoms with Crippen LogP contribution < -0.4 is 15.4 Å². The molecule has 2 N–H and O–H groups in total. The molecule has 0 atom stereocenters. The molecule has 0 saturated heterocycles. The highest BCUT2D eigenvalue weighted by Crippen LogP contribution is 2.16. The molecular formula is C20H29FIN3O3. The van der Waals surface area contributed by atoms with Crippen LogP contribution in [0.5, 0.6) is 5.75 Å². The minimum atomic E-state index is -0.337. The standard InChI is InChI=1S/C20H28FN3O3.HI/c1-3-26-10-5-8-22-20(23-9-7-18-6-4-11-27-18)24-15-16-12-17(21)14-19(13-16)25-2;/h4,6,11-14H,3,5,7-10,15H2,1-2H3,(H2,22,23,24);1H. The molecule has 2 rings (SSSR count). The predicted molar refractivity (Wildman–Crippen MR) is 119 cm³/mol. The first kappa shape index (κ1) is 24.2. The maximum absolute atomic E-state index is 13.6. The number of hydrogen-bond acceptors (Lipinski definition) is 4. The minimum absolute atomic E-state index is 0. The summed E-state index contributed by atoms with van der Waals surface area (Å²) in [4.78, 5) is 4.55. The number of guanidine groups is 1. The summed E-state index contributed by atoms with van der Waals surface area (Å²) in [5.41, 5.74) is 0.744. The Morgan fingerprint density at radius 1 is 1.21 bits per heavy atom. The number of aliphatic imine (C=N–C) groups is 1. The van der Waals surface area contributed by atoms with E-state index < -0.39 is 0 Å². The molecule has 0 saturated carbocycles. The summed E-state index contributed by atoms with van der Waals surface area (Å²) in [5.74, 6) is 1.73. The van der Waals surface area contributed by atoms with Crippen molar-refractivity contribution < 1.29 is 18.3 Å². The molecule has 6 nitrogen and oxygen atoms in total. The molecule has 1 aromatic heterocycles. The number of rotatable bonds is 11. The monoisotopic (exact) mass is 505 g/mol. The molecule has 0 amide bonds. The van der Waals surface area contributed by atoms with E-state index in [0.717, 1.165) is 30.7 Å². The molecule has 156 valence electrons. The molecule has 0 aliphatic heterocycles. The largest absolute Gasteiger partial charge is 0.497 e. The van der Waals surface area contributed by atoms with Crippen molar-refractivity contribution in [2.45, 2.75) is 26.3 Å². The van der Waals surface area contributed by atoms with Gasteiger partial charge in [0.05, 0.1) is 19.9 Å². The second-order valence-electron chi connectivity index (χ2n) is 5.90. The van der Waals surface area contributed by atoms with Crippen LogP contribution in [0.1, 0.15) is 24.7 Å². The Labute approximate surface area is 182 Å². The summed E-state index contributed by atoms with van der Waals surface area (Å²) in [5, 5.41) is 6.55. The minimum Gasteiger partial charge on any atom is -0.497 e. The Bertz CT molecular complexity index is 696. The van der Waals surface area contributed by atoms with Crippen LogP contribution in [-0.2, 0) is 17.7 Å². The smallest absolute Gasteiger partial charge is 0.191 e. The SMILES string of the molecule is CCOCCCNC(=NCc1cc(F)cc(OC)c1)NCCc1ccco1.I. The Morgan fingerprint density at radius 2 is 2.04 bits per heavy atom. The summed E-state index contributed by atoms with van der Waals surface area (Å²) in [6, 6.07) is 8.39. The maximum Gasteiger partial charge on any atom is 0.191 e. The zero-order chi connectivity index (χ0) is 19.3. The van der Waals surface area contributed by atoms with Gasteiger partial charge in [-0.05, 0) is 43.2 Å². The van der Waals surface area contributed by atoms with Crippen molar-refractivity contribution in [2.24, 2.45) is 4.99 Å². The van der Waals surface area contributed by atoms with Crippen LogP contribution in [-0.4, -0.2) is 39.4 Å². The fourth-order valence-corrected chi connectivity index (χ4v) is 2.46. The van der Waals surface area contributed by atoms with Gasteiger partial charge < -0.3 is 24.5 Å². The first-order chi connectivity index (χ1) is 13.2. The second kappa shape index (κ2) is 14.2. The second-order valence-corrected chi connectivity index (χ2v) is 5.90. The maximum atomic E-state index is 13.6. The van der Waals surface area contributed by atoms with E-state index in [1.54, 1.807) is 12.3 Å². The fraction of sp³-hybridized carbons (Fsp3) is 0.450. The molecule has 0 aliphatic rings. The van der Waals surface area contributed by atoms with E-state index in [1.807, 2.05) is 19.1 Å². The van der Waals surface area contributed by atoms with Crippen molar-refractivity contribution in [3.63, 3.8) is 0 Å². The molecule has 0 unspecified atom stereocenters. The average molecular weight is 505 g/mol. The average Bonchev–Trinajstić information content (AvgIpc) is 3.18. The van der Waals surface area contributed by atoms with Crippen molar-refractivity contribution >= 4 is 29.9 Å². The molecule has 8 heteroatoms. The molecule has 0 spiro atoms. The number of furan rings is 1.